The predicted molar refractivity (Wildman–Crippen MR) is 111 cm³/mol. The molecule has 4 nitrogen and oxygen atoms in total. The van der Waals surface area contributed by atoms with Gasteiger partial charge in [0.25, 0.3) is 0 Å². The van der Waals surface area contributed by atoms with Crippen LogP contribution in [-0.4, -0.2) is 29.9 Å². The van der Waals surface area contributed by atoms with E-state index in [0.717, 1.165) is 10.8 Å². The zero-order valence-corrected chi connectivity index (χ0v) is 17.2. The topological polar surface area (TPSA) is 43.4 Å². The first-order chi connectivity index (χ1) is 15.4. The van der Waals surface area contributed by atoms with E-state index in [9.17, 15) is 17.6 Å². The molecule has 168 valence electrons. The van der Waals surface area contributed by atoms with Crippen LogP contribution in [-0.2, 0) is 16.9 Å². The summed E-state index contributed by atoms with van der Waals surface area (Å²) in [6.45, 7) is 0.472. The number of halogens is 4. The van der Waals surface area contributed by atoms with Gasteiger partial charge < -0.3 is 14.8 Å². The molecule has 2 aliphatic rings. The van der Waals surface area contributed by atoms with E-state index in [1.807, 2.05) is 0 Å². The van der Waals surface area contributed by atoms with Gasteiger partial charge in [0, 0.05) is 42.4 Å². The van der Waals surface area contributed by atoms with Gasteiger partial charge in [0.05, 0.1) is 6.61 Å². The van der Waals surface area contributed by atoms with E-state index < -0.39 is 11.8 Å². The second kappa shape index (κ2) is 8.01. The summed E-state index contributed by atoms with van der Waals surface area (Å²) in [5.74, 6) is 0.134. The van der Waals surface area contributed by atoms with Gasteiger partial charge >= 0.3 is 6.18 Å². The molecule has 0 amide bonds. The van der Waals surface area contributed by atoms with Gasteiger partial charge in [0.15, 0.2) is 5.60 Å². The molecular formula is C24H22F4N2O2. The number of rotatable bonds is 6. The minimum Gasteiger partial charge on any atom is -0.490 e. The smallest absolute Gasteiger partial charge is 0.421 e. The molecule has 1 N–H and O–H groups in total. The highest BCUT2D eigenvalue weighted by atomic mass is 19.4. The standard InChI is InChI=1S/C24H22F4N2O2/c25-22-5-4-15-13-29-8-6-20(15)21(22)14-30-17-11-19(12-17)32-18-3-1-2-16(10-18)23(7-9-31-23)24(26,27)28/h1-6,8,10,13,17,19,30H,7,9,11-12,14H2. The van der Waals surface area contributed by atoms with Crippen LogP contribution in [0.3, 0.4) is 0 Å². The number of nitrogens with zero attached hydrogens (tertiary/aromatic N) is 1. The second-order valence-electron chi connectivity index (χ2n) is 8.36. The van der Waals surface area contributed by atoms with Gasteiger partial charge in [-0.3, -0.25) is 4.98 Å². The van der Waals surface area contributed by atoms with Gasteiger partial charge in [-0.05, 0) is 54.1 Å². The third-order valence-corrected chi connectivity index (χ3v) is 6.40. The van der Waals surface area contributed by atoms with Crippen molar-refractivity contribution >= 4 is 10.8 Å². The average molecular weight is 446 g/mol. The molecule has 1 saturated heterocycles. The molecule has 1 saturated carbocycles. The van der Waals surface area contributed by atoms with E-state index in [4.69, 9.17) is 9.47 Å². The molecule has 32 heavy (non-hydrogen) atoms. The number of ether oxygens (including phenoxy) is 2. The van der Waals surface area contributed by atoms with Gasteiger partial charge in [-0.2, -0.15) is 13.2 Å². The normalized spacial score (nSPS) is 25.2. The molecule has 5 rings (SSSR count). The van der Waals surface area contributed by atoms with Crippen LogP contribution in [0.15, 0.2) is 54.9 Å². The molecular weight excluding hydrogens is 424 g/mol. The molecule has 3 aromatic rings. The van der Waals surface area contributed by atoms with Crippen molar-refractivity contribution in [3.05, 3.63) is 71.8 Å². The first-order valence-electron chi connectivity index (χ1n) is 10.6. The first-order valence-corrected chi connectivity index (χ1v) is 10.6. The monoisotopic (exact) mass is 446 g/mol. The maximum absolute atomic E-state index is 14.3. The minimum absolute atomic E-state index is 0.0728. The number of alkyl halides is 3. The molecule has 8 heteroatoms. The zero-order chi connectivity index (χ0) is 22.3. The Morgan fingerprint density at radius 2 is 1.97 bits per heavy atom. The first kappa shape index (κ1) is 21.2. The van der Waals surface area contributed by atoms with Crippen molar-refractivity contribution in [3.8, 4) is 5.75 Å². The van der Waals surface area contributed by atoms with Crippen LogP contribution >= 0.6 is 0 Å². The lowest BCUT2D eigenvalue weighted by Crippen LogP contribution is -2.52. The molecule has 0 spiro atoms. The van der Waals surface area contributed by atoms with Crippen LogP contribution in [0.1, 0.15) is 30.4 Å². The van der Waals surface area contributed by atoms with Crippen molar-refractivity contribution < 1.29 is 27.0 Å². The van der Waals surface area contributed by atoms with E-state index in [2.05, 4.69) is 10.3 Å². The fraction of sp³-hybridized carbons (Fsp3) is 0.375. The number of benzene rings is 2. The fourth-order valence-electron chi connectivity index (χ4n) is 4.40. The fourth-order valence-corrected chi connectivity index (χ4v) is 4.40. The maximum atomic E-state index is 14.3. The Bertz CT molecular complexity index is 1120. The van der Waals surface area contributed by atoms with E-state index in [-0.39, 0.29) is 36.6 Å². The largest absolute Gasteiger partial charge is 0.490 e. The average Bonchev–Trinajstić information content (AvgIpc) is 2.69. The highest BCUT2D eigenvalue weighted by Gasteiger charge is 2.61. The van der Waals surface area contributed by atoms with Gasteiger partial charge in [-0.15, -0.1) is 0 Å². The number of pyridine rings is 1. The van der Waals surface area contributed by atoms with Crippen LogP contribution in [0.5, 0.6) is 5.75 Å². The summed E-state index contributed by atoms with van der Waals surface area (Å²) in [6, 6.07) is 11.2. The highest BCUT2D eigenvalue weighted by Crippen LogP contribution is 2.50. The summed E-state index contributed by atoms with van der Waals surface area (Å²) in [7, 11) is 0. The van der Waals surface area contributed by atoms with Gasteiger partial charge in [-0.1, -0.05) is 12.1 Å². The third-order valence-electron chi connectivity index (χ3n) is 6.40. The Morgan fingerprint density at radius 1 is 1.16 bits per heavy atom. The van der Waals surface area contributed by atoms with Crippen LogP contribution in [0, 0.1) is 5.82 Å². The molecule has 1 aliphatic carbocycles. The summed E-state index contributed by atoms with van der Waals surface area (Å²) in [6.07, 6.45) is 0.0753. The van der Waals surface area contributed by atoms with Crippen molar-refractivity contribution in [2.24, 2.45) is 0 Å². The van der Waals surface area contributed by atoms with E-state index in [0.29, 0.717) is 30.7 Å². The number of nitrogens with one attached hydrogen (secondary N) is 1. The SMILES string of the molecule is Fc1ccc2cnccc2c1CNC1CC(Oc2cccc(C3(C(F)(F)F)CCO3)c2)C1. The molecule has 1 aliphatic heterocycles. The molecule has 1 atom stereocenters. The summed E-state index contributed by atoms with van der Waals surface area (Å²) in [5, 5.41) is 5.06. The Kier molecular flexibility index (Phi) is 5.29. The van der Waals surface area contributed by atoms with E-state index in [1.165, 1.54) is 18.2 Å². The predicted octanol–water partition coefficient (Wildman–Crippen LogP) is 5.25. The Balaban J connectivity index is 1.19. The van der Waals surface area contributed by atoms with Gasteiger partial charge in [-0.25, -0.2) is 4.39 Å². The molecule has 2 heterocycles. The number of hydrogen-bond acceptors (Lipinski definition) is 4. The van der Waals surface area contributed by atoms with Gasteiger partial charge in [0.2, 0.25) is 0 Å². The summed E-state index contributed by atoms with van der Waals surface area (Å²) < 4.78 is 65.7. The second-order valence-corrected chi connectivity index (χ2v) is 8.36. The molecule has 0 radical (unpaired) electrons. The Morgan fingerprint density at radius 3 is 2.69 bits per heavy atom. The van der Waals surface area contributed by atoms with Crippen LogP contribution < -0.4 is 10.1 Å². The molecule has 0 bridgehead atoms. The van der Waals surface area contributed by atoms with Crippen molar-refractivity contribution in [1.29, 1.82) is 0 Å². The van der Waals surface area contributed by atoms with Gasteiger partial charge in [0.1, 0.15) is 17.7 Å². The summed E-state index contributed by atoms with van der Waals surface area (Å²) >= 11 is 0. The van der Waals surface area contributed by atoms with Crippen molar-refractivity contribution in [2.45, 2.75) is 49.7 Å². The summed E-state index contributed by atoms with van der Waals surface area (Å²) in [5.41, 5.74) is -1.56. The lowest BCUT2D eigenvalue weighted by atomic mass is 9.85. The Labute approximate surface area is 182 Å². The molecule has 2 fully saturated rings. The zero-order valence-electron chi connectivity index (χ0n) is 17.2. The summed E-state index contributed by atoms with van der Waals surface area (Å²) in [4.78, 5) is 4.07. The quantitative estimate of drug-likeness (QED) is 0.525. The Hall–Kier alpha value is -2.71. The van der Waals surface area contributed by atoms with E-state index >= 15 is 0 Å². The highest BCUT2D eigenvalue weighted by molar-refractivity contribution is 5.84. The van der Waals surface area contributed by atoms with Crippen molar-refractivity contribution in [2.75, 3.05) is 6.61 Å². The molecule has 1 unspecified atom stereocenters. The number of fused-ring (bicyclic) bond motifs is 1. The number of hydrogen-bond donors (Lipinski definition) is 1. The maximum Gasteiger partial charge on any atom is 0.421 e. The lowest BCUT2D eigenvalue weighted by molar-refractivity contribution is -0.333. The van der Waals surface area contributed by atoms with E-state index in [1.54, 1.807) is 36.7 Å². The van der Waals surface area contributed by atoms with Crippen molar-refractivity contribution in [1.82, 2.24) is 10.3 Å². The van der Waals surface area contributed by atoms with Crippen LogP contribution in [0.2, 0.25) is 0 Å². The number of aromatic nitrogens is 1. The van der Waals surface area contributed by atoms with Crippen molar-refractivity contribution in [3.63, 3.8) is 0 Å². The molecule has 1 aromatic heterocycles. The minimum atomic E-state index is -4.47. The van der Waals surface area contributed by atoms with Crippen LogP contribution in [0.25, 0.3) is 10.8 Å². The van der Waals surface area contributed by atoms with Crippen LogP contribution in [0.4, 0.5) is 17.6 Å². The third kappa shape index (κ3) is 3.71. The lowest BCUT2D eigenvalue weighted by Gasteiger charge is -2.43. The molecule has 2 aromatic carbocycles.